The maximum Gasteiger partial charge on any atom is 0.348 e. The molecule has 0 aliphatic rings. The summed E-state index contributed by atoms with van der Waals surface area (Å²) >= 11 is 4.60. The second kappa shape index (κ2) is 2.70. The Morgan fingerprint density at radius 1 is 1.45 bits per heavy atom. The third-order valence-corrected chi connectivity index (χ3v) is 1.27. The van der Waals surface area contributed by atoms with Gasteiger partial charge in [0.15, 0.2) is 0 Å². The van der Waals surface area contributed by atoms with Crippen LogP contribution in [0.5, 0.6) is 0 Å². The van der Waals surface area contributed by atoms with Crippen molar-refractivity contribution in [3.63, 3.8) is 0 Å². The van der Waals surface area contributed by atoms with Gasteiger partial charge in [0.25, 0.3) is 0 Å². The number of aromatic nitrogens is 1. The average Bonchev–Trinajstić information content (AvgIpc) is 1.86. The van der Waals surface area contributed by atoms with Crippen molar-refractivity contribution < 1.29 is 13.2 Å². The maximum atomic E-state index is 12.2. The molecule has 0 aromatic carbocycles. The van der Waals surface area contributed by atoms with E-state index in [1.54, 1.807) is 0 Å². The summed E-state index contributed by atoms with van der Waals surface area (Å²) < 4.78 is 36.6. The molecule has 1 nitrogen and oxygen atoms in total. The van der Waals surface area contributed by atoms with Crippen molar-refractivity contribution in [3.8, 4) is 0 Å². The predicted octanol–water partition coefficient (Wildman–Crippen LogP) is 2.51. The first-order valence-electron chi connectivity index (χ1n) is 2.69. The van der Waals surface area contributed by atoms with E-state index >= 15 is 0 Å². The fourth-order valence-electron chi connectivity index (χ4n) is 0.579. The van der Waals surface area contributed by atoms with Gasteiger partial charge in [-0.3, -0.25) is 0 Å². The van der Waals surface area contributed by atoms with Crippen molar-refractivity contribution in [2.75, 3.05) is 0 Å². The Morgan fingerprint density at radius 2 is 2.09 bits per heavy atom. The molecule has 0 saturated heterocycles. The second-order valence-electron chi connectivity index (χ2n) is 1.86. The lowest BCUT2D eigenvalue weighted by Gasteiger charge is -2.05. The van der Waals surface area contributed by atoms with Crippen LogP contribution in [0.1, 0.15) is 5.56 Å². The van der Waals surface area contributed by atoms with Crippen LogP contribution in [-0.2, 0) is 5.38 Å². The van der Waals surface area contributed by atoms with Crippen LogP contribution in [0.2, 0.25) is 0 Å². The molecule has 0 aliphatic heterocycles. The van der Waals surface area contributed by atoms with Crippen LogP contribution >= 0.6 is 11.6 Å². The number of rotatable bonds is 1. The zero-order valence-electron chi connectivity index (χ0n) is 5.19. The Morgan fingerprint density at radius 3 is 2.45 bits per heavy atom. The molecule has 1 rings (SSSR count). The summed E-state index contributed by atoms with van der Waals surface area (Å²) in [6, 6.07) is 1.54. The molecule has 0 spiro atoms. The summed E-state index contributed by atoms with van der Waals surface area (Å²) in [7, 11) is 0. The molecule has 0 atom stereocenters. The predicted molar refractivity (Wildman–Crippen MR) is 33.9 cm³/mol. The van der Waals surface area contributed by atoms with Gasteiger partial charge in [0.2, 0.25) is 5.95 Å². The van der Waals surface area contributed by atoms with Gasteiger partial charge in [-0.25, -0.2) is 4.98 Å². The van der Waals surface area contributed by atoms with E-state index in [0.29, 0.717) is 6.07 Å². The summed E-state index contributed by atoms with van der Waals surface area (Å²) in [5.74, 6) is -0.970. The fraction of sp³-hybridized carbons (Fsp3) is 0.167. The lowest BCUT2D eigenvalue weighted by molar-refractivity contribution is 0.0945. The first-order chi connectivity index (χ1) is 5.00. The first kappa shape index (κ1) is 8.33. The number of pyridine rings is 1. The van der Waals surface area contributed by atoms with E-state index < -0.39 is 16.9 Å². The van der Waals surface area contributed by atoms with Crippen LogP contribution in [-0.4, -0.2) is 4.98 Å². The second-order valence-corrected chi connectivity index (χ2v) is 2.34. The summed E-state index contributed by atoms with van der Waals surface area (Å²) in [5, 5.41) is -3.52. The Balaban J connectivity index is 3.06. The fourth-order valence-corrected chi connectivity index (χ4v) is 0.696. The molecule has 0 fully saturated rings. The van der Waals surface area contributed by atoms with Crippen molar-refractivity contribution in [2.24, 2.45) is 0 Å². The van der Waals surface area contributed by atoms with E-state index in [0.717, 1.165) is 12.3 Å². The van der Waals surface area contributed by atoms with Crippen molar-refractivity contribution >= 4 is 11.6 Å². The minimum atomic E-state index is -3.52. The molecule has 0 radical (unpaired) electrons. The molecular formula is C6H3ClF3N. The van der Waals surface area contributed by atoms with Gasteiger partial charge in [-0.05, 0) is 17.7 Å². The van der Waals surface area contributed by atoms with Gasteiger partial charge in [-0.1, -0.05) is 0 Å². The minimum Gasteiger partial charge on any atom is -0.228 e. The van der Waals surface area contributed by atoms with Gasteiger partial charge in [-0.15, -0.1) is 0 Å². The molecule has 60 valence electrons. The van der Waals surface area contributed by atoms with Crippen LogP contribution < -0.4 is 0 Å². The van der Waals surface area contributed by atoms with E-state index in [2.05, 4.69) is 16.6 Å². The van der Waals surface area contributed by atoms with E-state index in [9.17, 15) is 13.2 Å². The standard InChI is InChI=1S/C6H3ClF3N/c7-6(9,10)4-1-2-11-5(8)3-4/h1-3H. The number of halogens is 4. The lowest BCUT2D eigenvalue weighted by Crippen LogP contribution is -2.03. The highest BCUT2D eigenvalue weighted by molar-refractivity contribution is 6.21. The third kappa shape index (κ3) is 2.08. The molecule has 0 saturated carbocycles. The van der Waals surface area contributed by atoms with Gasteiger partial charge in [0.1, 0.15) is 0 Å². The van der Waals surface area contributed by atoms with Crippen LogP contribution in [0, 0.1) is 5.95 Å². The molecule has 1 aromatic heterocycles. The molecule has 0 amide bonds. The van der Waals surface area contributed by atoms with Gasteiger partial charge in [0.05, 0.1) is 0 Å². The van der Waals surface area contributed by atoms with Gasteiger partial charge in [0, 0.05) is 17.8 Å². The molecule has 0 unspecified atom stereocenters. The summed E-state index contributed by atoms with van der Waals surface area (Å²) in [6.07, 6.45) is 0.932. The summed E-state index contributed by atoms with van der Waals surface area (Å²) in [6.45, 7) is 0. The molecule has 11 heavy (non-hydrogen) atoms. The smallest absolute Gasteiger partial charge is 0.228 e. The lowest BCUT2D eigenvalue weighted by atomic mass is 10.3. The van der Waals surface area contributed by atoms with Crippen molar-refractivity contribution in [2.45, 2.75) is 5.38 Å². The zero-order chi connectivity index (χ0) is 8.48. The first-order valence-corrected chi connectivity index (χ1v) is 3.07. The summed E-state index contributed by atoms with van der Waals surface area (Å²) in [4.78, 5) is 3.09. The van der Waals surface area contributed by atoms with Crippen LogP contribution in [0.25, 0.3) is 0 Å². The van der Waals surface area contributed by atoms with Crippen LogP contribution in [0.4, 0.5) is 13.2 Å². The maximum absolute atomic E-state index is 12.2. The van der Waals surface area contributed by atoms with Crippen LogP contribution in [0.3, 0.4) is 0 Å². The van der Waals surface area contributed by atoms with Gasteiger partial charge >= 0.3 is 5.38 Å². The highest BCUT2D eigenvalue weighted by Crippen LogP contribution is 2.31. The van der Waals surface area contributed by atoms with Crippen molar-refractivity contribution in [1.82, 2.24) is 4.98 Å². The molecule has 0 bridgehead atoms. The Labute approximate surface area is 65.8 Å². The van der Waals surface area contributed by atoms with Crippen LogP contribution in [0.15, 0.2) is 18.3 Å². The average molecular weight is 182 g/mol. The van der Waals surface area contributed by atoms with Crippen molar-refractivity contribution in [3.05, 3.63) is 29.8 Å². The minimum absolute atomic E-state index is 0.590. The molecular weight excluding hydrogens is 179 g/mol. The Kier molecular flexibility index (Phi) is 2.04. The topological polar surface area (TPSA) is 12.9 Å². The number of hydrogen-bond donors (Lipinski definition) is 0. The van der Waals surface area contributed by atoms with E-state index in [4.69, 9.17) is 0 Å². The summed E-state index contributed by atoms with van der Waals surface area (Å²) in [5.41, 5.74) is -0.591. The Bertz CT molecular complexity index is 258. The highest BCUT2D eigenvalue weighted by Gasteiger charge is 2.27. The third-order valence-electron chi connectivity index (χ3n) is 1.05. The quantitative estimate of drug-likeness (QED) is 0.479. The Hall–Kier alpha value is -0.770. The molecule has 1 aromatic rings. The molecule has 0 aliphatic carbocycles. The molecule has 0 N–H and O–H groups in total. The van der Waals surface area contributed by atoms with Crippen molar-refractivity contribution in [1.29, 1.82) is 0 Å². The number of hydrogen-bond acceptors (Lipinski definition) is 1. The zero-order valence-corrected chi connectivity index (χ0v) is 5.95. The van der Waals surface area contributed by atoms with E-state index in [1.807, 2.05) is 0 Å². The van der Waals surface area contributed by atoms with Gasteiger partial charge in [-0.2, -0.15) is 13.2 Å². The number of nitrogens with zero attached hydrogens (tertiary/aromatic N) is 1. The monoisotopic (exact) mass is 181 g/mol. The van der Waals surface area contributed by atoms with E-state index in [-0.39, 0.29) is 0 Å². The number of alkyl halides is 3. The molecule has 5 heteroatoms. The highest BCUT2D eigenvalue weighted by atomic mass is 35.5. The SMILES string of the molecule is Fc1cc(C(F)(F)Cl)ccn1. The van der Waals surface area contributed by atoms with E-state index in [1.165, 1.54) is 0 Å². The normalized spacial score (nSPS) is 11.6. The molecule has 1 heterocycles. The van der Waals surface area contributed by atoms with Gasteiger partial charge < -0.3 is 0 Å². The largest absolute Gasteiger partial charge is 0.348 e.